The van der Waals surface area contributed by atoms with Crippen LogP contribution in [0.15, 0.2) is 27.2 Å². The van der Waals surface area contributed by atoms with Gasteiger partial charge in [0.15, 0.2) is 5.58 Å². The fourth-order valence-corrected chi connectivity index (χ4v) is 1.59. The molecular formula is C9H6BrNO3. The highest BCUT2D eigenvalue weighted by molar-refractivity contribution is 9.10. The fourth-order valence-electron chi connectivity index (χ4n) is 1.23. The van der Waals surface area contributed by atoms with Gasteiger partial charge in [0, 0.05) is 9.86 Å². The summed E-state index contributed by atoms with van der Waals surface area (Å²) in [5.74, 6) is -0.917. The largest absolute Gasteiger partial charge is 0.481 e. The second kappa shape index (κ2) is 3.42. The topological polar surface area (TPSA) is 63.3 Å². The molecule has 0 unspecified atom stereocenters. The van der Waals surface area contributed by atoms with Crippen LogP contribution >= 0.6 is 15.9 Å². The molecule has 0 fully saturated rings. The first-order valence-corrected chi connectivity index (χ1v) is 4.72. The molecule has 0 spiro atoms. The molecule has 0 aliphatic carbocycles. The molecule has 4 nitrogen and oxygen atoms in total. The summed E-state index contributed by atoms with van der Waals surface area (Å²) < 4.78 is 5.85. The Kier molecular flexibility index (Phi) is 2.25. The first-order valence-electron chi connectivity index (χ1n) is 3.92. The molecule has 1 aromatic carbocycles. The number of carboxylic acid groups (broad SMARTS) is 1. The van der Waals surface area contributed by atoms with E-state index >= 15 is 0 Å². The van der Waals surface area contributed by atoms with Gasteiger partial charge in [-0.1, -0.05) is 21.1 Å². The second-order valence-corrected chi connectivity index (χ2v) is 3.76. The number of fused-ring (bicyclic) bond motifs is 1. The van der Waals surface area contributed by atoms with E-state index in [0.29, 0.717) is 11.3 Å². The molecule has 0 aliphatic heterocycles. The summed E-state index contributed by atoms with van der Waals surface area (Å²) in [5.41, 5.74) is 1.05. The predicted octanol–water partition coefficient (Wildman–Crippen LogP) is 2.22. The molecule has 0 bridgehead atoms. The maximum Gasteiger partial charge on any atom is 0.309 e. The zero-order chi connectivity index (χ0) is 10.1. The molecule has 5 heteroatoms. The van der Waals surface area contributed by atoms with Crippen molar-refractivity contribution in [3.8, 4) is 0 Å². The Morgan fingerprint density at radius 1 is 1.57 bits per heavy atom. The highest BCUT2D eigenvalue weighted by Gasteiger charge is 2.11. The number of benzene rings is 1. The van der Waals surface area contributed by atoms with Crippen LogP contribution in [0.1, 0.15) is 5.69 Å². The Bertz CT molecular complexity index is 492. The molecular weight excluding hydrogens is 250 g/mol. The molecule has 0 radical (unpaired) electrons. The zero-order valence-electron chi connectivity index (χ0n) is 7.03. The molecule has 0 atom stereocenters. The quantitative estimate of drug-likeness (QED) is 0.894. The van der Waals surface area contributed by atoms with Crippen LogP contribution in [0.4, 0.5) is 0 Å². The van der Waals surface area contributed by atoms with Crippen LogP contribution in [0.2, 0.25) is 0 Å². The molecule has 1 heterocycles. The maximum absolute atomic E-state index is 10.5. The van der Waals surface area contributed by atoms with E-state index in [9.17, 15) is 4.79 Å². The second-order valence-electron chi connectivity index (χ2n) is 2.84. The van der Waals surface area contributed by atoms with Crippen molar-refractivity contribution in [1.82, 2.24) is 5.16 Å². The van der Waals surface area contributed by atoms with Crippen LogP contribution in [0.5, 0.6) is 0 Å². The summed E-state index contributed by atoms with van der Waals surface area (Å²) in [6.45, 7) is 0. The molecule has 0 aliphatic rings. The van der Waals surface area contributed by atoms with Crippen molar-refractivity contribution in [2.75, 3.05) is 0 Å². The van der Waals surface area contributed by atoms with Crippen molar-refractivity contribution in [2.24, 2.45) is 0 Å². The minimum atomic E-state index is -0.917. The van der Waals surface area contributed by atoms with Gasteiger partial charge in [-0.3, -0.25) is 4.79 Å². The lowest BCUT2D eigenvalue weighted by molar-refractivity contribution is -0.136. The summed E-state index contributed by atoms with van der Waals surface area (Å²) in [6.07, 6.45) is -0.122. The molecule has 1 aromatic heterocycles. The molecule has 2 aromatic rings. The number of rotatable bonds is 2. The van der Waals surface area contributed by atoms with Crippen LogP contribution in [0.25, 0.3) is 11.0 Å². The summed E-state index contributed by atoms with van der Waals surface area (Å²) >= 11 is 3.30. The first kappa shape index (κ1) is 9.21. The number of carboxylic acids is 1. The van der Waals surface area contributed by atoms with Gasteiger partial charge in [-0.05, 0) is 18.2 Å². The van der Waals surface area contributed by atoms with Crippen molar-refractivity contribution in [3.05, 3.63) is 28.4 Å². The molecule has 14 heavy (non-hydrogen) atoms. The summed E-state index contributed by atoms with van der Waals surface area (Å²) in [6, 6.07) is 5.36. The van der Waals surface area contributed by atoms with Gasteiger partial charge < -0.3 is 9.63 Å². The molecule has 0 saturated carbocycles. The lowest BCUT2D eigenvalue weighted by atomic mass is 10.2. The molecule has 72 valence electrons. The number of aromatic nitrogens is 1. The van der Waals surface area contributed by atoms with E-state index in [1.54, 1.807) is 12.1 Å². The number of nitrogens with zero attached hydrogens (tertiary/aromatic N) is 1. The van der Waals surface area contributed by atoms with Crippen molar-refractivity contribution in [3.63, 3.8) is 0 Å². The van der Waals surface area contributed by atoms with Gasteiger partial charge in [0.05, 0.1) is 6.42 Å². The Balaban J connectivity index is 2.55. The Morgan fingerprint density at radius 2 is 2.36 bits per heavy atom. The lowest BCUT2D eigenvalue weighted by Crippen LogP contribution is -2.00. The van der Waals surface area contributed by atoms with E-state index in [2.05, 4.69) is 21.1 Å². The van der Waals surface area contributed by atoms with E-state index in [4.69, 9.17) is 9.63 Å². The number of hydrogen-bond acceptors (Lipinski definition) is 3. The van der Waals surface area contributed by atoms with Gasteiger partial charge in [0.2, 0.25) is 0 Å². The molecule has 0 amide bonds. The molecule has 1 N–H and O–H groups in total. The average Bonchev–Trinajstić information content (AvgIpc) is 2.47. The van der Waals surface area contributed by atoms with Gasteiger partial charge in [-0.25, -0.2) is 0 Å². The Morgan fingerprint density at radius 3 is 3.07 bits per heavy atom. The van der Waals surface area contributed by atoms with Crippen molar-refractivity contribution in [1.29, 1.82) is 0 Å². The number of halogens is 1. The number of hydrogen-bond donors (Lipinski definition) is 1. The third-order valence-electron chi connectivity index (χ3n) is 1.83. The summed E-state index contributed by atoms with van der Waals surface area (Å²) in [4.78, 5) is 10.5. The van der Waals surface area contributed by atoms with Crippen LogP contribution in [0, 0.1) is 0 Å². The monoisotopic (exact) mass is 255 g/mol. The van der Waals surface area contributed by atoms with E-state index in [1.807, 2.05) is 6.07 Å². The first-order chi connectivity index (χ1) is 6.66. The fraction of sp³-hybridized carbons (Fsp3) is 0.111. The number of carbonyl (C=O) groups is 1. The van der Waals surface area contributed by atoms with Crippen LogP contribution in [-0.2, 0) is 11.2 Å². The molecule has 2 rings (SSSR count). The normalized spacial score (nSPS) is 10.6. The average molecular weight is 256 g/mol. The number of aliphatic carboxylic acids is 1. The highest BCUT2D eigenvalue weighted by Crippen LogP contribution is 2.22. The van der Waals surface area contributed by atoms with Gasteiger partial charge in [0.25, 0.3) is 0 Å². The van der Waals surface area contributed by atoms with Gasteiger partial charge in [0.1, 0.15) is 5.69 Å². The standard InChI is InChI=1S/C9H6BrNO3/c10-5-1-2-8-6(3-5)7(11-14-8)4-9(12)13/h1-3H,4H2,(H,12,13). The van der Waals surface area contributed by atoms with Crippen LogP contribution < -0.4 is 0 Å². The van der Waals surface area contributed by atoms with Crippen LogP contribution in [-0.4, -0.2) is 16.2 Å². The van der Waals surface area contributed by atoms with Gasteiger partial charge >= 0.3 is 5.97 Å². The van der Waals surface area contributed by atoms with E-state index in [0.717, 1.165) is 9.86 Å². The Hall–Kier alpha value is -1.36. The molecule has 0 saturated heterocycles. The summed E-state index contributed by atoms with van der Waals surface area (Å²) in [7, 11) is 0. The van der Waals surface area contributed by atoms with Crippen molar-refractivity contribution in [2.45, 2.75) is 6.42 Å². The minimum Gasteiger partial charge on any atom is -0.481 e. The van der Waals surface area contributed by atoms with E-state index in [-0.39, 0.29) is 6.42 Å². The zero-order valence-corrected chi connectivity index (χ0v) is 8.61. The summed E-state index contributed by atoms with van der Waals surface area (Å²) in [5, 5.41) is 13.1. The van der Waals surface area contributed by atoms with E-state index < -0.39 is 5.97 Å². The van der Waals surface area contributed by atoms with E-state index in [1.165, 1.54) is 0 Å². The maximum atomic E-state index is 10.5. The highest BCUT2D eigenvalue weighted by atomic mass is 79.9. The van der Waals surface area contributed by atoms with Crippen molar-refractivity contribution >= 4 is 32.9 Å². The third kappa shape index (κ3) is 1.63. The Labute approximate surface area is 87.6 Å². The lowest BCUT2D eigenvalue weighted by Gasteiger charge is -1.91. The van der Waals surface area contributed by atoms with Crippen LogP contribution in [0.3, 0.4) is 0 Å². The van der Waals surface area contributed by atoms with Gasteiger partial charge in [-0.15, -0.1) is 0 Å². The smallest absolute Gasteiger partial charge is 0.309 e. The van der Waals surface area contributed by atoms with Gasteiger partial charge in [-0.2, -0.15) is 0 Å². The minimum absolute atomic E-state index is 0.122. The third-order valence-corrected chi connectivity index (χ3v) is 2.32. The van der Waals surface area contributed by atoms with Crippen molar-refractivity contribution < 1.29 is 14.4 Å². The predicted molar refractivity (Wildman–Crippen MR) is 53.0 cm³/mol. The SMILES string of the molecule is O=C(O)Cc1noc2ccc(Br)cc12.